The summed E-state index contributed by atoms with van der Waals surface area (Å²) in [4.78, 5) is 44.6. The number of esters is 1. The second-order valence-corrected chi connectivity index (χ2v) is 10.7. The van der Waals surface area contributed by atoms with Crippen LogP contribution in [0.5, 0.6) is 0 Å². The lowest BCUT2D eigenvalue weighted by atomic mass is 10.1. The van der Waals surface area contributed by atoms with Crippen LogP contribution in [0.25, 0.3) is 0 Å². The van der Waals surface area contributed by atoms with E-state index in [4.69, 9.17) is 39.5 Å². The highest BCUT2D eigenvalue weighted by Gasteiger charge is 2.25. The maximum absolute atomic E-state index is 13.7. The average Bonchev–Trinajstić information content (AvgIpc) is 2.95. The van der Waals surface area contributed by atoms with Crippen molar-refractivity contribution in [3.63, 3.8) is 0 Å². The number of benzene rings is 3. The number of piperazine rings is 1. The molecule has 0 saturated carbocycles. The first-order valence-electron chi connectivity index (χ1n) is 13.3. The summed E-state index contributed by atoms with van der Waals surface area (Å²) in [5, 5.41) is 4.26. The standard InChI is InChI=1S/C30H31Cl3N4O4/c1-3-37(26-11-9-23(32)18-24(26)33)30(40)21-8-10-27(36-14-12-35(13-15-36)19-28(38)41-4-2)25(17-21)34-29(39)20-6-5-7-22(31)16-20/h5-11,16-18H,3-4,12-15,19H2,1-2H3,(H,34,39). The Balaban J connectivity index is 1.63. The molecule has 41 heavy (non-hydrogen) atoms. The molecule has 1 heterocycles. The molecule has 0 aliphatic carbocycles. The van der Waals surface area contributed by atoms with Crippen molar-refractivity contribution in [1.82, 2.24) is 4.90 Å². The fraction of sp³-hybridized carbons (Fsp3) is 0.300. The molecule has 3 aromatic rings. The molecule has 4 rings (SSSR count). The van der Waals surface area contributed by atoms with Crippen LogP contribution in [-0.2, 0) is 9.53 Å². The Bertz CT molecular complexity index is 1430. The highest BCUT2D eigenvalue weighted by Crippen LogP contribution is 2.33. The van der Waals surface area contributed by atoms with E-state index in [1.54, 1.807) is 66.4 Å². The van der Waals surface area contributed by atoms with Gasteiger partial charge in [0.1, 0.15) is 0 Å². The molecule has 1 aliphatic heterocycles. The van der Waals surface area contributed by atoms with Crippen LogP contribution in [0.3, 0.4) is 0 Å². The third kappa shape index (κ3) is 7.71. The van der Waals surface area contributed by atoms with Crippen molar-refractivity contribution in [2.24, 2.45) is 0 Å². The largest absolute Gasteiger partial charge is 0.465 e. The first-order valence-corrected chi connectivity index (χ1v) is 14.4. The van der Waals surface area contributed by atoms with E-state index < -0.39 is 0 Å². The van der Waals surface area contributed by atoms with Gasteiger partial charge in [-0.2, -0.15) is 0 Å². The van der Waals surface area contributed by atoms with E-state index in [0.29, 0.717) is 76.9 Å². The molecule has 1 aliphatic rings. The van der Waals surface area contributed by atoms with Gasteiger partial charge in [0.25, 0.3) is 11.8 Å². The van der Waals surface area contributed by atoms with Gasteiger partial charge in [0, 0.05) is 53.9 Å². The van der Waals surface area contributed by atoms with Gasteiger partial charge in [0.2, 0.25) is 0 Å². The van der Waals surface area contributed by atoms with Crippen LogP contribution < -0.4 is 15.1 Å². The minimum absolute atomic E-state index is 0.230. The lowest BCUT2D eigenvalue weighted by molar-refractivity contribution is -0.144. The van der Waals surface area contributed by atoms with Crippen molar-refractivity contribution in [3.05, 3.63) is 86.9 Å². The van der Waals surface area contributed by atoms with Crippen molar-refractivity contribution in [2.45, 2.75) is 13.8 Å². The van der Waals surface area contributed by atoms with Crippen molar-refractivity contribution in [1.29, 1.82) is 0 Å². The maximum atomic E-state index is 13.7. The molecule has 0 spiro atoms. The lowest BCUT2D eigenvalue weighted by Crippen LogP contribution is -2.48. The number of carbonyl (C=O) groups is 3. The van der Waals surface area contributed by atoms with Crippen LogP contribution in [0.4, 0.5) is 17.1 Å². The fourth-order valence-corrected chi connectivity index (χ4v) is 5.39. The molecular formula is C30H31Cl3N4O4. The Kier molecular flexibility index (Phi) is 10.5. The maximum Gasteiger partial charge on any atom is 0.320 e. The zero-order valence-electron chi connectivity index (χ0n) is 22.8. The van der Waals surface area contributed by atoms with Gasteiger partial charge in [-0.1, -0.05) is 40.9 Å². The topological polar surface area (TPSA) is 82.2 Å². The van der Waals surface area contributed by atoms with E-state index in [2.05, 4.69) is 10.2 Å². The number of carbonyl (C=O) groups excluding carboxylic acids is 3. The number of nitrogens with one attached hydrogen (secondary N) is 1. The summed E-state index contributed by atoms with van der Waals surface area (Å²) < 4.78 is 5.08. The molecule has 216 valence electrons. The molecule has 8 nitrogen and oxygen atoms in total. The molecule has 3 aromatic carbocycles. The van der Waals surface area contributed by atoms with E-state index in [-0.39, 0.29) is 24.3 Å². The number of nitrogens with zero attached hydrogens (tertiary/aromatic N) is 3. The summed E-state index contributed by atoms with van der Waals surface area (Å²) >= 11 is 18.6. The molecule has 2 amide bonds. The van der Waals surface area contributed by atoms with E-state index in [9.17, 15) is 14.4 Å². The highest BCUT2D eigenvalue weighted by atomic mass is 35.5. The van der Waals surface area contributed by atoms with Gasteiger partial charge in [-0.05, 0) is 68.4 Å². The van der Waals surface area contributed by atoms with Gasteiger partial charge in [-0.3, -0.25) is 19.3 Å². The molecule has 11 heteroatoms. The minimum atomic E-state index is -0.354. The van der Waals surface area contributed by atoms with Gasteiger partial charge >= 0.3 is 5.97 Å². The monoisotopic (exact) mass is 616 g/mol. The number of anilines is 3. The summed E-state index contributed by atoms with van der Waals surface area (Å²) in [5.41, 5.74) is 2.56. The van der Waals surface area contributed by atoms with Crippen molar-refractivity contribution < 1.29 is 19.1 Å². The number of rotatable bonds is 9. The Morgan fingerprint density at radius 2 is 1.61 bits per heavy atom. The van der Waals surface area contributed by atoms with Gasteiger partial charge in [-0.15, -0.1) is 0 Å². The van der Waals surface area contributed by atoms with Gasteiger partial charge < -0.3 is 19.9 Å². The molecular weight excluding hydrogens is 587 g/mol. The second kappa shape index (κ2) is 14.0. The number of ether oxygens (including phenoxy) is 1. The minimum Gasteiger partial charge on any atom is -0.465 e. The summed E-state index contributed by atoms with van der Waals surface area (Å²) in [6, 6.07) is 16.9. The van der Waals surface area contributed by atoms with Gasteiger partial charge in [-0.25, -0.2) is 0 Å². The molecule has 0 atom stereocenters. The quantitative estimate of drug-likeness (QED) is 0.286. The van der Waals surface area contributed by atoms with E-state index in [1.807, 2.05) is 17.9 Å². The van der Waals surface area contributed by atoms with Crippen LogP contribution in [0.15, 0.2) is 60.7 Å². The van der Waals surface area contributed by atoms with Crippen LogP contribution in [0.1, 0.15) is 34.6 Å². The zero-order valence-corrected chi connectivity index (χ0v) is 25.1. The molecule has 0 bridgehead atoms. The van der Waals surface area contributed by atoms with Gasteiger partial charge in [0.05, 0.1) is 35.2 Å². The highest BCUT2D eigenvalue weighted by molar-refractivity contribution is 6.37. The fourth-order valence-electron chi connectivity index (χ4n) is 4.68. The Morgan fingerprint density at radius 3 is 2.27 bits per heavy atom. The summed E-state index contributed by atoms with van der Waals surface area (Å²) in [6.07, 6.45) is 0. The van der Waals surface area contributed by atoms with Crippen LogP contribution in [0, 0.1) is 0 Å². The summed E-state index contributed by atoms with van der Waals surface area (Å²) in [5.74, 6) is -0.882. The molecule has 0 radical (unpaired) electrons. The van der Waals surface area contributed by atoms with Gasteiger partial charge in [0.15, 0.2) is 0 Å². The number of hydrogen-bond acceptors (Lipinski definition) is 6. The molecule has 0 unspecified atom stereocenters. The predicted molar refractivity (Wildman–Crippen MR) is 165 cm³/mol. The van der Waals surface area contributed by atoms with Crippen LogP contribution in [0.2, 0.25) is 15.1 Å². The Hall–Kier alpha value is -3.30. The second-order valence-electron chi connectivity index (χ2n) is 9.41. The van der Waals surface area contributed by atoms with Crippen molar-refractivity contribution >= 4 is 69.6 Å². The lowest BCUT2D eigenvalue weighted by Gasteiger charge is -2.36. The first kappa shape index (κ1) is 30.7. The first-order chi connectivity index (χ1) is 19.7. The third-order valence-corrected chi connectivity index (χ3v) is 7.48. The SMILES string of the molecule is CCOC(=O)CN1CCN(c2ccc(C(=O)N(CC)c3ccc(Cl)cc3Cl)cc2NC(=O)c2cccc(Cl)c2)CC1. The van der Waals surface area contributed by atoms with Crippen LogP contribution >= 0.6 is 34.8 Å². The van der Waals surface area contributed by atoms with Crippen molar-refractivity contribution in [2.75, 3.05) is 61.0 Å². The average molecular weight is 618 g/mol. The molecule has 0 aromatic heterocycles. The third-order valence-electron chi connectivity index (χ3n) is 6.71. The predicted octanol–water partition coefficient (Wildman–Crippen LogP) is 6.25. The smallest absolute Gasteiger partial charge is 0.320 e. The zero-order chi connectivity index (χ0) is 29.5. The Morgan fingerprint density at radius 1 is 0.878 bits per heavy atom. The normalized spacial score (nSPS) is 13.5. The van der Waals surface area contributed by atoms with E-state index >= 15 is 0 Å². The van der Waals surface area contributed by atoms with Crippen LogP contribution in [-0.4, -0.2) is 68.6 Å². The molecule has 1 saturated heterocycles. The molecule has 1 fully saturated rings. The number of halogens is 3. The van der Waals surface area contributed by atoms with E-state index in [1.165, 1.54) is 0 Å². The number of amides is 2. The summed E-state index contributed by atoms with van der Waals surface area (Å²) in [6.45, 7) is 7.10. The Labute approximate surface area is 254 Å². The molecule has 1 N–H and O–H groups in total. The summed E-state index contributed by atoms with van der Waals surface area (Å²) in [7, 11) is 0. The van der Waals surface area contributed by atoms with Crippen molar-refractivity contribution in [3.8, 4) is 0 Å². The van der Waals surface area contributed by atoms with E-state index in [0.717, 1.165) is 5.69 Å². The number of hydrogen-bond donors (Lipinski definition) is 1.